The number of rotatable bonds is 3. The van der Waals surface area contributed by atoms with E-state index >= 15 is 0 Å². The lowest BCUT2D eigenvalue weighted by Crippen LogP contribution is -2.64. The van der Waals surface area contributed by atoms with E-state index in [0.717, 1.165) is 16.6 Å². The van der Waals surface area contributed by atoms with Crippen LogP contribution in [-0.2, 0) is 10.0 Å². The average Bonchev–Trinajstić information content (AvgIpc) is 2.97. The highest BCUT2D eigenvalue weighted by Gasteiger charge is 2.55. The molecule has 0 radical (unpaired) electrons. The van der Waals surface area contributed by atoms with E-state index in [2.05, 4.69) is 15.9 Å². The summed E-state index contributed by atoms with van der Waals surface area (Å²) in [7, 11) is -3.40. The Morgan fingerprint density at radius 1 is 1.41 bits per heavy atom. The number of thiophene rings is 1. The van der Waals surface area contributed by atoms with Crippen LogP contribution in [-0.4, -0.2) is 36.5 Å². The van der Waals surface area contributed by atoms with Gasteiger partial charge < -0.3 is 5.11 Å². The first kappa shape index (κ1) is 12.1. The van der Waals surface area contributed by atoms with Crippen LogP contribution in [0.25, 0.3) is 0 Å². The van der Waals surface area contributed by atoms with Crippen LogP contribution in [0.1, 0.15) is 12.8 Å². The zero-order chi connectivity index (χ0) is 12.3. The van der Waals surface area contributed by atoms with E-state index in [1.54, 1.807) is 12.1 Å². The molecule has 0 spiro atoms. The quantitative estimate of drug-likeness (QED) is 0.912. The molecule has 3 rings (SSSR count). The molecule has 2 fully saturated rings. The van der Waals surface area contributed by atoms with Gasteiger partial charge in [0.05, 0.1) is 9.39 Å². The van der Waals surface area contributed by atoms with Crippen molar-refractivity contribution in [2.45, 2.75) is 22.7 Å². The van der Waals surface area contributed by atoms with Gasteiger partial charge >= 0.3 is 0 Å². The molecule has 4 nitrogen and oxygen atoms in total. The summed E-state index contributed by atoms with van der Waals surface area (Å²) >= 11 is 4.46. The average molecular weight is 338 g/mol. The van der Waals surface area contributed by atoms with E-state index in [-0.39, 0.29) is 13.1 Å². The van der Waals surface area contributed by atoms with Crippen LogP contribution in [0.15, 0.2) is 20.1 Å². The van der Waals surface area contributed by atoms with Gasteiger partial charge in [-0.25, -0.2) is 8.42 Å². The van der Waals surface area contributed by atoms with Gasteiger partial charge in [-0.3, -0.25) is 0 Å². The van der Waals surface area contributed by atoms with Crippen molar-refractivity contribution in [3.05, 3.63) is 15.9 Å². The van der Waals surface area contributed by atoms with Crippen LogP contribution in [0.3, 0.4) is 0 Å². The standard InChI is InChI=1S/C10H12BrNO3S2/c11-8-3-4-9(16-8)17(14,15)12-5-10(13,6-12)7-1-2-7/h3-4,7,13H,1-2,5-6H2. The number of hydrogen-bond acceptors (Lipinski definition) is 4. The fourth-order valence-electron chi connectivity index (χ4n) is 2.18. The SMILES string of the molecule is O=S(=O)(c1ccc(Br)s1)N1CC(O)(C2CC2)C1. The van der Waals surface area contributed by atoms with Crippen LogP contribution in [0, 0.1) is 5.92 Å². The van der Waals surface area contributed by atoms with Crippen LogP contribution < -0.4 is 0 Å². The van der Waals surface area contributed by atoms with Gasteiger partial charge in [0, 0.05) is 13.1 Å². The molecule has 94 valence electrons. The highest BCUT2D eigenvalue weighted by Crippen LogP contribution is 2.46. The first-order valence-electron chi connectivity index (χ1n) is 5.40. The van der Waals surface area contributed by atoms with Gasteiger partial charge in [0.15, 0.2) is 0 Å². The van der Waals surface area contributed by atoms with E-state index in [1.165, 1.54) is 15.6 Å². The molecule has 1 aliphatic heterocycles. The van der Waals surface area contributed by atoms with Crippen molar-refractivity contribution in [2.24, 2.45) is 5.92 Å². The molecule has 1 aromatic rings. The van der Waals surface area contributed by atoms with Crippen LogP contribution in [0.5, 0.6) is 0 Å². The van der Waals surface area contributed by atoms with Gasteiger partial charge in [0.2, 0.25) is 0 Å². The zero-order valence-electron chi connectivity index (χ0n) is 8.97. The second-order valence-electron chi connectivity index (χ2n) is 4.71. The number of hydrogen-bond donors (Lipinski definition) is 1. The summed E-state index contributed by atoms with van der Waals surface area (Å²) in [6, 6.07) is 3.32. The molecule has 1 aliphatic carbocycles. The maximum absolute atomic E-state index is 12.2. The summed E-state index contributed by atoms with van der Waals surface area (Å²) in [6.45, 7) is 0.491. The molecule has 2 heterocycles. The van der Waals surface area contributed by atoms with Gasteiger partial charge in [0.1, 0.15) is 4.21 Å². The number of nitrogens with zero attached hydrogens (tertiary/aromatic N) is 1. The normalized spacial score (nSPS) is 24.6. The summed E-state index contributed by atoms with van der Waals surface area (Å²) in [6.07, 6.45) is 2.05. The molecule has 0 aromatic carbocycles. The van der Waals surface area contributed by atoms with Crippen LogP contribution >= 0.6 is 27.3 Å². The Bertz CT molecular complexity index is 544. The molecule has 1 N–H and O–H groups in total. The lowest BCUT2D eigenvalue weighted by atomic mass is 9.91. The van der Waals surface area contributed by atoms with Crippen molar-refractivity contribution in [2.75, 3.05) is 13.1 Å². The molecular weight excluding hydrogens is 326 g/mol. The van der Waals surface area contributed by atoms with Gasteiger partial charge in [-0.05, 0) is 46.8 Å². The Balaban J connectivity index is 1.78. The predicted octanol–water partition coefficient (Wildman–Crippen LogP) is 1.66. The molecule has 17 heavy (non-hydrogen) atoms. The molecular formula is C10H12BrNO3S2. The Hall–Kier alpha value is 0.0500. The largest absolute Gasteiger partial charge is 0.387 e. The summed E-state index contributed by atoms with van der Waals surface area (Å²) in [5.74, 6) is 0.309. The third-order valence-corrected chi connectivity index (χ3v) is 7.26. The molecule has 0 bridgehead atoms. The van der Waals surface area contributed by atoms with Crippen molar-refractivity contribution < 1.29 is 13.5 Å². The lowest BCUT2D eigenvalue weighted by molar-refractivity contribution is -0.0764. The molecule has 2 aliphatic rings. The van der Waals surface area contributed by atoms with Gasteiger partial charge in [-0.15, -0.1) is 11.3 Å². The van der Waals surface area contributed by atoms with Gasteiger partial charge in [-0.1, -0.05) is 0 Å². The molecule has 7 heteroatoms. The molecule has 0 amide bonds. The third kappa shape index (κ3) is 1.98. The second-order valence-corrected chi connectivity index (χ2v) is 9.34. The minimum Gasteiger partial charge on any atom is -0.387 e. The van der Waals surface area contributed by atoms with E-state index in [0.29, 0.717) is 10.1 Å². The van der Waals surface area contributed by atoms with Crippen molar-refractivity contribution in [1.82, 2.24) is 4.31 Å². The van der Waals surface area contributed by atoms with E-state index in [9.17, 15) is 13.5 Å². The Labute approximate surface area is 112 Å². The molecule has 1 aromatic heterocycles. The van der Waals surface area contributed by atoms with E-state index < -0.39 is 15.6 Å². The highest BCUT2D eigenvalue weighted by molar-refractivity contribution is 9.11. The summed E-state index contributed by atoms with van der Waals surface area (Å²) in [5.41, 5.74) is -0.762. The van der Waals surface area contributed by atoms with Crippen molar-refractivity contribution in [3.63, 3.8) is 0 Å². The minimum absolute atomic E-state index is 0.246. The van der Waals surface area contributed by atoms with Crippen LogP contribution in [0.4, 0.5) is 0 Å². The predicted molar refractivity (Wildman–Crippen MR) is 68.5 cm³/mol. The maximum Gasteiger partial charge on any atom is 0.252 e. The number of aliphatic hydroxyl groups is 1. The second kappa shape index (κ2) is 3.77. The molecule has 1 saturated heterocycles. The minimum atomic E-state index is -3.40. The molecule has 0 atom stereocenters. The number of β-amino-alcohol motifs (C(OH)–C–C–N with tert-alkyl or cyclic N) is 1. The summed E-state index contributed by atoms with van der Waals surface area (Å²) in [4.78, 5) is 0. The van der Waals surface area contributed by atoms with E-state index in [1.807, 2.05) is 0 Å². The Morgan fingerprint density at radius 3 is 2.53 bits per heavy atom. The van der Waals surface area contributed by atoms with Crippen molar-refractivity contribution in [1.29, 1.82) is 0 Å². The summed E-state index contributed by atoms with van der Waals surface area (Å²) < 4.78 is 26.8. The fraction of sp³-hybridized carbons (Fsp3) is 0.600. The maximum atomic E-state index is 12.2. The number of sulfonamides is 1. The van der Waals surface area contributed by atoms with E-state index in [4.69, 9.17) is 0 Å². The Kier molecular flexibility index (Phi) is 2.68. The van der Waals surface area contributed by atoms with Gasteiger partial charge in [0.25, 0.3) is 10.0 Å². The smallest absolute Gasteiger partial charge is 0.252 e. The molecule has 1 saturated carbocycles. The summed E-state index contributed by atoms with van der Waals surface area (Å²) in [5, 5.41) is 10.1. The fourth-order valence-corrected chi connectivity index (χ4v) is 5.91. The highest BCUT2D eigenvalue weighted by atomic mass is 79.9. The van der Waals surface area contributed by atoms with Crippen molar-refractivity contribution in [3.8, 4) is 0 Å². The van der Waals surface area contributed by atoms with Crippen LogP contribution in [0.2, 0.25) is 0 Å². The zero-order valence-corrected chi connectivity index (χ0v) is 12.2. The topological polar surface area (TPSA) is 57.6 Å². The van der Waals surface area contributed by atoms with Gasteiger partial charge in [-0.2, -0.15) is 4.31 Å². The third-order valence-electron chi connectivity index (χ3n) is 3.38. The number of halogens is 1. The van der Waals surface area contributed by atoms with Crippen molar-refractivity contribution >= 4 is 37.3 Å². The monoisotopic (exact) mass is 337 g/mol. The molecule has 0 unspecified atom stereocenters. The first-order valence-corrected chi connectivity index (χ1v) is 8.45. The lowest BCUT2D eigenvalue weighted by Gasteiger charge is -2.45. The Morgan fingerprint density at radius 2 is 2.06 bits per heavy atom. The first-order chi connectivity index (χ1) is 7.92.